The molecule has 1 aromatic carbocycles. The Morgan fingerprint density at radius 1 is 0.925 bits per heavy atom. The van der Waals surface area contributed by atoms with Crippen molar-refractivity contribution in [1.82, 2.24) is 0 Å². The number of benzene rings is 1. The lowest BCUT2D eigenvalue weighted by atomic mass is 9.35. The molecule has 290 valence electrons. The minimum Gasteiger partial charge on any atom is -0.462 e. The molecular weight excluding hydrogens is 661 g/mol. The van der Waals surface area contributed by atoms with Crippen LogP contribution in [0.5, 0.6) is 0 Å². The second-order valence-electron chi connectivity index (χ2n) is 19.1. The van der Waals surface area contributed by atoms with Gasteiger partial charge >= 0.3 is 11.9 Å². The normalized spacial score (nSPS) is 37.3. The quantitative estimate of drug-likeness (QED) is 0.165. The first kappa shape index (κ1) is 38.6. The van der Waals surface area contributed by atoms with Crippen LogP contribution in [0.2, 0.25) is 0 Å². The molecule has 4 saturated carbocycles. The summed E-state index contributed by atoms with van der Waals surface area (Å²) < 4.78 is 11.9. The molecule has 4 aliphatic carbocycles. The lowest BCUT2D eigenvalue weighted by Gasteiger charge is -2.71. The molecule has 0 radical (unpaired) electrons. The largest absolute Gasteiger partial charge is 0.462 e. The molecule has 8 atom stereocenters. The van der Waals surface area contributed by atoms with Crippen LogP contribution in [0.4, 0.5) is 0 Å². The second kappa shape index (κ2) is 15.5. The van der Waals surface area contributed by atoms with E-state index >= 15 is 0 Å². The van der Waals surface area contributed by atoms with Crippen molar-refractivity contribution < 1.29 is 29.3 Å². The van der Waals surface area contributed by atoms with E-state index in [9.17, 15) is 19.8 Å². The lowest BCUT2D eigenvalue weighted by molar-refractivity contribution is -0.315. The maximum absolute atomic E-state index is 13.9. The van der Waals surface area contributed by atoms with E-state index in [0.29, 0.717) is 55.8 Å². The van der Waals surface area contributed by atoms with E-state index in [2.05, 4.69) is 62.9 Å². The number of cyclic esters (lactones) is 1. The van der Waals surface area contributed by atoms with Gasteiger partial charge in [0.25, 0.3) is 0 Å². The molecule has 4 fully saturated rings. The summed E-state index contributed by atoms with van der Waals surface area (Å²) in [5.41, 5.74) is -0.683. The van der Waals surface area contributed by atoms with Gasteiger partial charge in [0.05, 0.1) is 23.5 Å². The molecule has 2 N–H and O–H groups in total. The number of aliphatic hydroxyl groups is 2. The average molecular weight is 727 g/mol. The molecule has 0 amide bonds. The van der Waals surface area contributed by atoms with Gasteiger partial charge in [-0.1, -0.05) is 82.2 Å². The summed E-state index contributed by atoms with van der Waals surface area (Å²) in [5, 5.41) is 26.7. The Hall–Kier alpha value is -2.62. The molecule has 6 nitrogen and oxygen atoms in total. The summed E-state index contributed by atoms with van der Waals surface area (Å²) in [5.74, 6) is 7.09. The van der Waals surface area contributed by atoms with Gasteiger partial charge in [-0.2, -0.15) is 0 Å². The van der Waals surface area contributed by atoms with Crippen molar-refractivity contribution >= 4 is 11.9 Å². The van der Waals surface area contributed by atoms with Gasteiger partial charge in [0.15, 0.2) is 0 Å². The molecule has 7 rings (SSSR count). The predicted molar refractivity (Wildman–Crippen MR) is 207 cm³/mol. The van der Waals surface area contributed by atoms with Crippen molar-refractivity contribution in [3.8, 4) is 11.8 Å². The molecule has 2 heterocycles. The summed E-state index contributed by atoms with van der Waals surface area (Å²) in [6, 6.07) is 10.7. The van der Waals surface area contributed by atoms with E-state index in [0.717, 1.165) is 44.1 Å². The van der Waals surface area contributed by atoms with Gasteiger partial charge in [0, 0.05) is 30.3 Å². The maximum Gasteiger partial charge on any atom is 0.331 e. The highest BCUT2D eigenvalue weighted by molar-refractivity contribution is 5.85. The van der Waals surface area contributed by atoms with Crippen LogP contribution in [0, 0.1) is 51.3 Å². The van der Waals surface area contributed by atoms with Crippen LogP contribution >= 0.6 is 0 Å². The average Bonchev–Trinajstić information content (AvgIpc) is 3.79. The van der Waals surface area contributed by atoms with Crippen LogP contribution < -0.4 is 0 Å². The first-order valence-electron chi connectivity index (χ1n) is 21.4. The Bertz CT molecular complexity index is 1560. The van der Waals surface area contributed by atoms with Crippen molar-refractivity contribution in [1.29, 1.82) is 0 Å². The Labute approximate surface area is 319 Å². The van der Waals surface area contributed by atoms with E-state index < -0.39 is 28.6 Å². The molecule has 1 aromatic rings. The summed E-state index contributed by atoms with van der Waals surface area (Å²) in [4.78, 5) is 25.7. The Kier molecular flexibility index (Phi) is 11.3. The van der Waals surface area contributed by atoms with Gasteiger partial charge in [0.2, 0.25) is 0 Å². The standard InChI is InChI=1S/C47H66O6/c1-34(13-11-17-35-15-5-4-6-16-35)14-12-26-46-39(48)22-27-44(3,37-20-28-45(29-21-37)24-9-10-25-45)42(46)38-32-43(2,23-8-7-18-40(49)53-38)47(46,51)30-19-36-31-41(50)52-33-36/h4-6,15-16,31,34,37-39,42,48,51H,7,9-14,17-22,24-30,32-33H2,1-3H3/t34-,38-,39+,42+,43+,44+,46+,47-/m1/s1. The minimum atomic E-state index is -1.38. The van der Waals surface area contributed by atoms with E-state index in [1.54, 1.807) is 6.08 Å². The Morgan fingerprint density at radius 2 is 1.66 bits per heavy atom. The molecule has 2 aliphatic heterocycles. The zero-order valence-electron chi connectivity index (χ0n) is 32.9. The maximum atomic E-state index is 13.9. The van der Waals surface area contributed by atoms with Crippen LogP contribution in [0.1, 0.15) is 155 Å². The number of hydrogen-bond acceptors (Lipinski definition) is 6. The SMILES string of the molecule is C[C@H](CCCc1ccccc1)CCC[C@]12[C@@H]([C@H]3C[C@](C)(C#CCCC(=O)O3)[C@]1(O)CCC1=CC(=O)OC1)[C@](C)(C1CCC3(CCCC3)CC1)CC[C@@H]2O. The number of esters is 2. The Morgan fingerprint density at radius 3 is 2.38 bits per heavy atom. The summed E-state index contributed by atoms with van der Waals surface area (Å²) >= 11 is 0. The molecule has 0 aromatic heterocycles. The summed E-state index contributed by atoms with van der Waals surface area (Å²) in [6.45, 7) is 7.12. The van der Waals surface area contributed by atoms with Crippen molar-refractivity contribution in [2.45, 2.75) is 173 Å². The minimum absolute atomic E-state index is 0.202. The van der Waals surface area contributed by atoms with Crippen molar-refractivity contribution in [3.05, 3.63) is 47.5 Å². The third-order valence-corrected chi connectivity index (χ3v) is 16.0. The van der Waals surface area contributed by atoms with Crippen LogP contribution in [-0.2, 0) is 25.5 Å². The first-order chi connectivity index (χ1) is 25.4. The lowest BCUT2D eigenvalue weighted by Crippen LogP contribution is -2.76. The fourth-order valence-corrected chi connectivity index (χ4v) is 13.2. The van der Waals surface area contributed by atoms with E-state index in [4.69, 9.17) is 9.47 Å². The molecule has 2 bridgehead atoms. The molecular formula is C47H66O6. The fourth-order valence-electron chi connectivity index (χ4n) is 13.2. The van der Waals surface area contributed by atoms with Gasteiger partial charge in [-0.15, -0.1) is 5.92 Å². The number of aryl methyl sites for hydroxylation is 1. The number of rotatable bonds is 12. The number of ether oxygens (including phenoxy) is 2. The number of carbonyl (C=O) groups excluding carboxylic acids is 2. The number of carbonyl (C=O) groups is 2. The second-order valence-corrected chi connectivity index (χ2v) is 19.1. The van der Waals surface area contributed by atoms with Crippen molar-refractivity contribution in [3.63, 3.8) is 0 Å². The number of fused-ring (bicyclic) bond motifs is 4. The van der Waals surface area contributed by atoms with Crippen LogP contribution in [-0.4, -0.2) is 46.6 Å². The highest BCUT2D eigenvalue weighted by Crippen LogP contribution is 2.72. The van der Waals surface area contributed by atoms with Gasteiger partial charge in [-0.3, -0.25) is 4.79 Å². The summed E-state index contributed by atoms with van der Waals surface area (Å²) in [7, 11) is 0. The number of hydrogen-bond donors (Lipinski definition) is 2. The van der Waals surface area contributed by atoms with Crippen LogP contribution in [0.3, 0.4) is 0 Å². The third kappa shape index (κ3) is 7.28. The highest BCUT2D eigenvalue weighted by Gasteiger charge is 2.75. The zero-order chi connectivity index (χ0) is 37.3. The predicted octanol–water partition coefficient (Wildman–Crippen LogP) is 9.44. The number of aliphatic hydroxyl groups excluding tert-OH is 1. The van der Waals surface area contributed by atoms with Crippen molar-refractivity contribution in [2.75, 3.05) is 6.61 Å². The third-order valence-electron chi connectivity index (χ3n) is 16.0. The zero-order valence-corrected chi connectivity index (χ0v) is 32.9. The molecule has 0 unspecified atom stereocenters. The highest BCUT2D eigenvalue weighted by atomic mass is 16.5. The molecule has 53 heavy (non-hydrogen) atoms. The topological polar surface area (TPSA) is 93.1 Å². The van der Waals surface area contributed by atoms with Gasteiger partial charge < -0.3 is 19.7 Å². The molecule has 1 spiro atoms. The van der Waals surface area contributed by atoms with Gasteiger partial charge in [-0.05, 0) is 124 Å². The van der Waals surface area contributed by atoms with E-state index in [1.165, 1.54) is 56.9 Å². The molecule has 6 heteroatoms. The van der Waals surface area contributed by atoms with E-state index in [-0.39, 0.29) is 36.3 Å². The monoisotopic (exact) mass is 726 g/mol. The van der Waals surface area contributed by atoms with Gasteiger partial charge in [0.1, 0.15) is 12.7 Å². The summed E-state index contributed by atoms with van der Waals surface area (Å²) in [6.07, 6.45) is 20.0. The smallest absolute Gasteiger partial charge is 0.331 e. The first-order valence-corrected chi connectivity index (χ1v) is 21.4. The fraction of sp³-hybridized carbons (Fsp3) is 0.745. The van der Waals surface area contributed by atoms with E-state index in [1.807, 2.05) is 0 Å². The van der Waals surface area contributed by atoms with Crippen LogP contribution in [0.15, 0.2) is 42.0 Å². The van der Waals surface area contributed by atoms with Crippen molar-refractivity contribution in [2.24, 2.45) is 39.4 Å². The molecule has 0 saturated heterocycles. The molecule has 6 aliphatic rings. The Balaban J connectivity index is 1.25. The van der Waals surface area contributed by atoms with Crippen LogP contribution in [0.25, 0.3) is 0 Å². The van der Waals surface area contributed by atoms with Gasteiger partial charge in [-0.25, -0.2) is 4.79 Å².